The SMILES string of the molecule is COC(=O)c1ccc2ccn(CCF)c2c1. The minimum Gasteiger partial charge on any atom is -0.465 e. The molecule has 0 fully saturated rings. The summed E-state index contributed by atoms with van der Waals surface area (Å²) < 4.78 is 18.7. The molecule has 1 aromatic carbocycles. The fourth-order valence-corrected chi connectivity index (χ4v) is 1.71. The van der Waals surface area contributed by atoms with Gasteiger partial charge in [-0.15, -0.1) is 0 Å². The first-order valence-corrected chi connectivity index (χ1v) is 4.99. The van der Waals surface area contributed by atoms with Crippen LogP contribution in [0.3, 0.4) is 0 Å². The highest BCUT2D eigenvalue weighted by Crippen LogP contribution is 2.18. The number of carbonyl (C=O) groups excluding carboxylic acids is 1. The molecule has 0 saturated carbocycles. The number of alkyl halides is 1. The number of benzene rings is 1. The van der Waals surface area contributed by atoms with Crippen LogP contribution in [-0.4, -0.2) is 24.3 Å². The first-order chi connectivity index (χ1) is 7.76. The van der Waals surface area contributed by atoms with Gasteiger partial charge in [0, 0.05) is 11.7 Å². The summed E-state index contributed by atoms with van der Waals surface area (Å²) in [6, 6.07) is 7.15. The zero-order valence-electron chi connectivity index (χ0n) is 8.94. The van der Waals surface area contributed by atoms with E-state index in [-0.39, 0.29) is 5.97 Å². The van der Waals surface area contributed by atoms with E-state index in [1.165, 1.54) is 7.11 Å². The lowest BCUT2D eigenvalue weighted by Gasteiger charge is -2.03. The Morgan fingerprint density at radius 3 is 2.94 bits per heavy atom. The average molecular weight is 221 g/mol. The molecule has 0 atom stereocenters. The number of methoxy groups -OCH3 is 1. The summed E-state index contributed by atoms with van der Waals surface area (Å²) in [5.74, 6) is -0.380. The molecule has 0 aliphatic carbocycles. The second-order valence-electron chi connectivity index (χ2n) is 3.46. The molecular weight excluding hydrogens is 209 g/mol. The maximum atomic E-state index is 12.3. The highest BCUT2D eigenvalue weighted by atomic mass is 19.1. The molecule has 2 aromatic rings. The number of hydrogen-bond acceptors (Lipinski definition) is 2. The lowest BCUT2D eigenvalue weighted by atomic mass is 10.1. The largest absolute Gasteiger partial charge is 0.465 e. The van der Waals surface area contributed by atoms with Gasteiger partial charge in [-0.1, -0.05) is 6.07 Å². The number of fused-ring (bicyclic) bond motifs is 1. The molecular formula is C12H12FNO2. The van der Waals surface area contributed by atoms with Crippen molar-refractivity contribution in [2.75, 3.05) is 13.8 Å². The Hall–Kier alpha value is -1.84. The van der Waals surface area contributed by atoms with E-state index in [0.29, 0.717) is 12.1 Å². The topological polar surface area (TPSA) is 31.2 Å². The van der Waals surface area contributed by atoms with Crippen LogP contribution in [0.25, 0.3) is 10.9 Å². The Labute approximate surface area is 92.4 Å². The Morgan fingerprint density at radius 2 is 2.25 bits per heavy atom. The Morgan fingerprint density at radius 1 is 1.44 bits per heavy atom. The minimum atomic E-state index is -0.424. The number of ether oxygens (including phenoxy) is 1. The fraction of sp³-hybridized carbons (Fsp3) is 0.250. The van der Waals surface area contributed by atoms with Crippen LogP contribution in [0.15, 0.2) is 30.5 Å². The van der Waals surface area contributed by atoms with E-state index < -0.39 is 6.67 Å². The number of halogens is 1. The second kappa shape index (κ2) is 4.35. The number of aromatic nitrogens is 1. The predicted molar refractivity (Wildman–Crippen MR) is 59.3 cm³/mol. The van der Waals surface area contributed by atoms with E-state index in [2.05, 4.69) is 4.74 Å². The minimum absolute atomic E-state index is 0.300. The van der Waals surface area contributed by atoms with Gasteiger partial charge in [-0.05, 0) is 23.6 Å². The van der Waals surface area contributed by atoms with Gasteiger partial charge in [-0.25, -0.2) is 9.18 Å². The second-order valence-corrected chi connectivity index (χ2v) is 3.46. The van der Waals surface area contributed by atoms with E-state index in [0.717, 1.165) is 10.9 Å². The Bertz CT molecular complexity index is 519. The molecule has 0 amide bonds. The number of hydrogen-bond donors (Lipinski definition) is 0. The number of aryl methyl sites for hydroxylation is 1. The summed E-state index contributed by atoms with van der Waals surface area (Å²) >= 11 is 0. The number of rotatable bonds is 3. The van der Waals surface area contributed by atoms with Gasteiger partial charge < -0.3 is 9.30 Å². The van der Waals surface area contributed by atoms with Crippen molar-refractivity contribution in [1.82, 2.24) is 4.57 Å². The standard InChI is InChI=1S/C12H12FNO2/c1-16-12(15)10-3-2-9-4-6-14(7-5-13)11(9)8-10/h2-4,6,8H,5,7H2,1H3. The quantitative estimate of drug-likeness (QED) is 0.745. The number of nitrogens with zero attached hydrogens (tertiary/aromatic N) is 1. The van der Waals surface area contributed by atoms with Crippen molar-refractivity contribution in [3.63, 3.8) is 0 Å². The fourth-order valence-electron chi connectivity index (χ4n) is 1.71. The maximum absolute atomic E-state index is 12.3. The lowest BCUT2D eigenvalue weighted by Crippen LogP contribution is -2.02. The zero-order chi connectivity index (χ0) is 11.5. The molecule has 1 aromatic heterocycles. The third-order valence-electron chi connectivity index (χ3n) is 2.52. The van der Waals surface area contributed by atoms with Crippen LogP contribution in [0, 0.1) is 0 Å². The van der Waals surface area contributed by atoms with Crippen LogP contribution in [0.5, 0.6) is 0 Å². The van der Waals surface area contributed by atoms with Crippen LogP contribution in [-0.2, 0) is 11.3 Å². The van der Waals surface area contributed by atoms with E-state index in [4.69, 9.17) is 0 Å². The first kappa shape index (κ1) is 10.7. The smallest absolute Gasteiger partial charge is 0.337 e. The monoisotopic (exact) mass is 221 g/mol. The molecule has 0 unspecified atom stereocenters. The van der Waals surface area contributed by atoms with Crippen LogP contribution < -0.4 is 0 Å². The molecule has 0 aliphatic heterocycles. The Balaban J connectivity index is 2.49. The third-order valence-corrected chi connectivity index (χ3v) is 2.52. The van der Waals surface area contributed by atoms with Gasteiger partial charge in [0.2, 0.25) is 0 Å². The summed E-state index contributed by atoms with van der Waals surface area (Å²) in [6.07, 6.45) is 1.81. The van der Waals surface area contributed by atoms with Gasteiger partial charge in [-0.3, -0.25) is 0 Å². The Kier molecular flexibility index (Phi) is 2.90. The number of carbonyl (C=O) groups is 1. The summed E-state index contributed by atoms with van der Waals surface area (Å²) in [7, 11) is 1.34. The molecule has 0 radical (unpaired) electrons. The highest BCUT2D eigenvalue weighted by Gasteiger charge is 2.08. The zero-order valence-corrected chi connectivity index (χ0v) is 8.94. The maximum Gasteiger partial charge on any atom is 0.337 e. The van der Waals surface area contributed by atoms with Crippen molar-refractivity contribution >= 4 is 16.9 Å². The van der Waals surface area contributed by atoms with Gasteiger partial charge in [0.1, 0.15) is 6.67 Å². The van der Waals surface area contributed by atoms with E-state index >= 15 is 0 Å². The number of esters is 1. The lowest BCUT2D eigenvalue weighted by molar-refractivity contribution is 0.0601. The molecule has 84 valence electrons. The molecule has 4 heteroatoms. The van der Waals surface area contributed by atoms with E-state index in [9.17, 15) is 9.18 Å². The van der Waals surface area contributed by atoms with Crippen molar-refractivity contribution < 1.29 is 13.9 Å². The van der Waals surface area contributed by atoms with Gasteiger partial charge in [0.15, 0.2) is 0 Å². The van der Waals surface area contributed by atoms with Crippen LogP contribution in [0.4, 0.5) is 4.39 Å². The van der Waals surface area contributed by atoms with Crippen molar-refractivity contribution in [2.24, 2.45) is 0 Å². The van der Waals surface area contributed by atoms with E-state index in [1.807, 2.05) is 18.3 Å². The van der Waals surface area contributed by atoms with Gasteiger partial charge in [-0.2, -0.15) is 0 Å². The highest BCUT2D eigenvalue weighted by molar-refractivity contribution is 5.94. The third kappa shape index (κ3) is 1.78. The van der Waals surface area contributed by atoms with Crippen molar-refractivity contribution in [2.45, 2.75) is 6.54 Å². The molecule has 1 heterocycles. The molecule has 0 bridgehead atoms. The van der Waals surface area contributed by atoms with Crippen LogP contribution in [0.2, 0.25) is 0 Å². The first-order valence-electron chi connectivity index (χ1n) is 4.99. The molecule has 2 rings (SSSR count). The molecule has 3 nitrogen and oxygen atoms in total. The normalized spacial score (nSPS) is 10.6. The van der Waals surface area contributed by atoms with Gasteiger partial charge in [0.25, 0.3) is 0 Å². The summed E-state index contributed by atoms with van der Waals surface area (Å²) in [5, 5.41) is 0.987. The molecule has 0 saturated heterocycles. The molecule has 16 heavy (non-hydrogen) atoms. The van der Waals surface area contributed by atoms with E-state index in [1.54, 1.807) is 16.7 Å². The van der Waals surface area contributed by atoms with Crippen molar-refractivity contribution in [3.05, 3.63) is 36.0 Å². The molecule has 0 N–H and O–H groups in total. The molecule has 0 aliphatic rings. The predicted octanol–water partition coefficient (Wildman–Crippen LogP) is 2.40. The van der Waals surface area contributed by atoms with Crippen molar-refractivity contribution in [3.8, 4) is 0 Å². The summed E-state index contributed by atoms with van der Waals surface area (Å²) in [6.45, 7) is -0.125. The summed E-state index contributed by atoms with van der Waals surface area (Å²) in [4.78, 5) is 11.3. The van der Waals surface area contributed by atoms with Crippen molar-refractivity contribution in [1.29, 1.82) is 0 Å². The molecule has 0 spiro atoms. The van der Waals surface area contributed by atoms with Crippen LogP contribution in [0.1, 0.15) is 10.4 Å². The summed E-state index contributed by atoms with van der Waals surface area (Å²) in [5.41, 5.74) is 1.33. The average Bonchev–Trinajstić information content (AvgIpc) is 2.71. The van der Waals surface area contributed by atoms with Gasteiger partial charge >= 0.3 is 5.97 Å². The van der Waals surface area contributed by atoms with Gasteiger partial charge in [0.05, 0.1) is 19.2 Å². The van der Waals surface area contributed by atoms with Crippen LogP contribution >= 0.6 is 0 Å².